The summed E-state index contributed by atoms with van der Waals surface area (Å²) in [6, 6.07) is -0.715. The number of likely N-dealkylation sites (tertiary alicyclic amines) is 1. The molecule has 0 aliphatic carbocycles. The molecule has 1 fully saturated rings. The summed E-state index contributed by atoms with van der Waals surface area (Å²) in [5.74, 6) is -0.120. The van der Waals surface area contributed by atoms with Gasteiger partial charge in [-0.1, -0.05) is 0 Å². The van der Waals surface area contributed by atoms with Gasteiger partial charge in [0.05, 0.1) is 6.61 Å². The fraction of sp³-hybridized carbons (Fsp3) is 0.857. The van der Waals surface area contributed by atoms with Crippen LogP contribution in [0.5, 0.6) is 0 Å². The lowest BCUT2D eigenvalue weighted by molar-refractivity contribution is -0.132. The van der Waals surface area contributed by atoms with Gasteiger partial charge in [-0.2, -0.15) is 0 Å². The highest BCUT2D eigenvalue weighted by Crippen LogP contribution is 2.07. The summed E-state index contributed by atoms with van der Waals surface area (Å²) in [6.45, 7) is 1.34. The number of nitrogens with two attached hydrogens (primary N) is 1. The molecule has 0 unspecified atom stereocenters. The van der Waals surface area contributed by atoms with Crippen molar-refractivity contribution >= 4 is 18.3 Å². The predicted octanol–water partition coefficient (Wildman–Crippen LogP) is -0.650. The van der Waals surface area contributed by atoms with Crippen molar-refractivity contribution in [3.63, 3.8) is 0 Å². The molecule has 1 heterocycles. The Morgan fingerprint density at radius 2 is 2.00 bits per heavy atom. The van der Waals surface area contributed by atoms with E-state index in [1.54, 1.807) is 4.90 Å². The maximum Gasteiger partial charge on any atom is 0.241 e. The fourth-order valence-electron chi connectivity index (χ4n) is 1.25. The third-order valence-corrected chi connectivity index (χ3v) is 1.93. The highest BCUT2D eigenvalue weighted by atomic mass is 35.5. The molecule has 5 heteroatoms. The summed E-state index contributed by atoms with van der Waals surface area (Å²) >= 11 is 0. The van der Waals surface area contributed by atoms with Gasteiger partial charge in [-0.05, 0) is 12.8 Å². The zero-order chi connectivity index (χ0) is 8.27. The maximum absolute atomic E-state index is 11.2. The number of hydrogen-bond donors (Lipinski definition) is 2. The second-order valence-corrected chi connectivity index (χ2v) is 2.82. The van der Waals surface area contributed by atoms with E-state index in [-0.39, 0.29) is 24.9 Å². The predicted molar refractivity (Wildman–Crippen MR) is 48.1 cm³/mol. The summed E-state index contributed by atoms with van der Waals surface area (Å²) in [5.41, 5.74) is 5.36. The number of carbonyl (C=O) groups excluding carboxylic acids is 1. The van der Waals surface area contributed by atoms with Gasteiger partial charge in [0.25, 0.3) is 0 Å². The number of hydrogen-bond acceptors (Lipinski definition) is 3. The van der Waals surface area contributed by atoms with Crippen LogP contribution < -0.4 is 5.73 Å². The molecule has 0 bridgehead atoms. The molecule has 0 aromatic rings. The Bertz CT molecular complexity index is 148. The number of aliphatic hydroxyl groups is 1. The second kappa shape index (κ2) is 5.35. The van der Waals surface area contributed by atoms with Crippen molar-refractivity contribution < 1.29 is 9.90 Å². The molecule has 0 aromatic heterocycles. The fourth-order valence-corrected chi connectivity index (χ4v) is 1.25. The molecular formula is C7H15ClN2O2. The van der Waals surface area contributed by atoms with E-state index in [1.807, 2.05) is 0 Å². The monoisotopic (exact) mass is 194 g/mol. The highest BCUT2D eigenvalue weighted by Gasteiger charge is 2.22. The Morgan fingerprint density at radius 1 is 1.50 bits per heavy atom. The normalized spacial score (nSPS) is 18.7. The third kappa shape index (κ3) is 2.62. The summed E-state index contributed by atoms with van der Waals surface area (Å²) < 4.78 is 0. The number of nitrogens with zero attached hydrogens (tertiary/aromatic N) is 1. The molecule has 0 saturated carbocycles. The zero-order valence-corrected chi connectivity index (χ0v) is 7.72. The van der Waals surface area contributed by atoms with Crippen LogP contribution >= 0.6 is 12.4 Å². The van der Waals surface area contributed by atoms with Crippen LogP contribution in [0.2, 0.25) is 0 Å². The van der Waals surface area contributed by atoms with Gasteiger partial charge in [0, 0.05) is 13.1 Å². The number of carbonyl (C=O) groups is 1. The summed E-state index contributed by atoms with van der Waals surface area (Å²) in [6.07, 6.45) is 2.12. The first kappa shape index (κ1) is 11.7. The average Bonchev–Trinajstić information content (AvgIpc) is 2.53. The quantitative estimate of drug-likeness (QED) is 0.614. The average molecular weight is 195 g/mol. The van der Waals surface area contributed by atoms with Crippen LogP contribution in [-0.4, -0.2) is 41.7 Å². The molecule has 0 spiro atoms. The highest BCUT2D eigenvalue weighted by molar-refractivity contribution is 5.85. The van der Waals surface area contributed by atoms with Crippen molar-refractivity contribution in [2.45, 2.75) is 18.9 Å². The molecular weight excluding hydrogens is 180 g/mol. The van der Waals surface area contributed by atoms with Crippen molar-refractivity contribution in [2.75, 3.05) is 19.7 Å². The van der Waals surface area contributed by atoms with E-state index in [1.165, 1.54) is 0 Å². The maximum atomic E-state index is 11.2. The van der Waals surface area contributed by atoms with Gasteiger partial charge >= 0.3 is 0 Å². The Labute approximate surface area is 78.1 Å². The van der Waals surface area contributed by atoms with Crippen molar-refractivity contribution in [3.8, 4) is 0 Å². The lowest BCUT2D eigenvalue weighted by atomic mass is 10.3. The van der Waals surface area contributed by atoms with E-state index in [4.69, 9.17) is 10.8 Å². The van der Waals surface area contributed by atoms with Gasteiger partial charge < -0.3 is 15.7 Å². The van der Waals surface area contributed by atoms with Crippen LogP contribution in [0.15, 0.2) is 0 Å². The van der Waals surface area contributed by atoms with Crippen molar-refractivity contribution in [1.82, 2.24) is 4.90 Å². The van der Waals surface area contributed by atoms with Crippen molar-refractivity contribution in [1.29, 1.82) is 0 Å². The molecule has 0 aromatic carbocycles. The van der Waals surface area contributed by atoms with E-state index < -0.39 is 6.04 Å². The molecule has 1 saturated heterocycles. The Kier molecular flexibility index (Phi) is 5.20. The van der Waals surface area contributed by atoms with Gasteiger partial charge in [0.2, 0.25) is 5.91 Å². The molecule has 1 amide bonds. The molecule has 1 aliphatic heterocycles. The minimum absolute atomic E-state index is 0. The van der Waals surface area contributed by atoms with Crippen LogP contribution in [0.3, 0.4) is 0 Å². The lowest BCUT2D eigenvalue weighted by Gasteiger charge is -2.18. The Balaban J connectivity index is 0.00000121. The third-order valence-electron chi connectivity index (χ3n) is 1.93. The van der Waals surface area contributed by atoms with Gasteiger partial charge in [0.15, 0.2) is 0 Å². The molecule has 4 nitrogen and oxygen atoms in total. The minimum atomic E-state index is -0.715. The molecule has 12 heavy (non-hydrogen) atoms. The van der Waals surface area contributed by atoms with E-state index >= 15 is 0 Å². The molecule has 3 N–H and O–H groups in total. The first-order chi connectivity index (χ1) is 5.25. The van der Waals surface area contributed by atoms with Crippen LogP contribution in [-0.2, 0) is 4.79 Å². The van der Waals surface area contributed by atoms with Crippen LogP contribution in [0.25, 0.3) is 0 Å². The zero-order valence-electron chi connectivity index (χ0n) is 6.90. The van der Waals surface area contributed by atoms with E-state index in [2.05, 4.69) is 0 Å². The van der Waals surface area contributed by atoms with Gasteiger partial charge in [-0.3, -0.25) is 4.79 Å². The number of aliphatic hydroxyl groups excluding tert-OH is 1. The van der Waals surface area contributed by atoms with Crippen LogP contribution in [0.4, 0.5) is 0 Å². The second-order valence-electron chi connectivity index (χ2n) is 2.82. The van der Waals surface area contributed by atoms with Crippen LogP contribution in [0.1, 0.15) is 12.8 Å². The van der Waals surface area contributed by atoms with E-state index in [0.717, 1.165) is 25.9 Å². The van der Waals surface area contributed by atoms with Crippen molar-refractivity contribution in [3.05, 3.63) is 0 Å². The van der Waals surface area contributed by atoms with Gasteiger partial charge in [0.1, 0.15) is 6.04 Å². The van der Waals surface area contributed by atoms with Crippen molar-refractivity contribution in [2.24, 2.45) is 5.73 Å². The number of amides is 1. The molecule has 1 aliphatic rings. The number of rotatable bonds is 2. The summed E-state index contributed by atoms with van der Waals surface area (Å²) in [5, 5.41) is 8.59. The topological polar surface area (TPSA) is 66.6 Å². The molecule has 72 valence electrons. The Hall–Kier alpha value is -0.320. The summed E-state index contributed by atoms with van der Waals surface area (Å²) in [4.78, 5) is 12.9. The van der Waals surface area contributed by atoms with Crippen LogP contribution in [0, 0.1) is 0 Å². The standard InChI is InChI=1S/C7H14N2O2.ClH/c8-6(5-10)7(11)9-3-1-2-4-9;/h6,10H,1-5,8H2;1H/t6-;/m1./s1. The smallest absolute Gasteiger partial charge is 0.241 e. The lowest BCUT2D eigenvalue weighted by Crippen LogP contribution is -2.44. The summed E-state index contributed by atoms with van der Waals surface area (Å²) in [7, 11) is 0. The van der Waals surface area contributed by atoms with E-state index in [9.17, 15) is 4.79 Å². The van der Waals surface area contributed by atoms with Gasteiger partial charge in [-0.15, -0.1) is 12.4 Å². The first-order valence-electron chi connectivity index (χ1n) is 3.91. The largest absolute Gasteiger partial charge is 0.394 e. The minimum Gasteiger partial charge on any atom is -0.394 e. The van der Waals surface area contributed by atoms with Gasteiger partial charge in [-0.25, -0.2) is 0 Å². The SMILES string of the molecule is Cl.N[C@H](CO)C(=O)N1CCCC1. The molecule has 0 radical (unpaired) electrons. The number of halogens is 1. The molecule has 1 atom stereocenters. The van der Waals surface area contributed by atoms with E-state index in [0.29, 0.717) is 0 Å². The first-order valence-corrected chi connectivity index (χ1v) is 3.91. The Morgan fingerprint density at radius 3 is 2.42 bits per heavy atom. The molecule has 1 rings (SSSR count).